The molecule has 0 aliphatic carbocycles. The molecule has 0 saturated carbocycles. The summed E-state index contributed by atoms with van der Waals surface area (Å²) in [5.74, 6) is 1.37. The average molecular weight is 437 g/mol. The molecule has 0 spiro atoms. The quantitative estimate of drug-likeness (QED) is 0.491. The van der Waals surface area contributed by atoms with Crippen molar-refractivity contribution in [3.63, 3.8) is 0 Å². The van der Waals surface area contributed by atoms with E-state index in [2.05, 4.69) is 15.0 Å². The second-order valence-electron chi connectivity index (χ2n) is 7.96. The van der Waals surface area contributed by atoms with E-state index in [0.29, 0.717) is 42.8 Å². The highest BCUT2D eigenvalue weighted by molar-refractivity contribution is 7.89. The van der Waals surface area contributed by atoms with Crippen molar-refractivity contribution in [2.24, 2.45) is 0 Å². The van der Waals surface area contributed by atoms with E-state index in [9.17, 15) is 8.42 Å². The van der Waals surface area contributed by atoms with E-state index in [1.165, 1.54) is 0 Å². The maximum absolute atomic E-state index is 13.1. The van der Waals surface area contributed by atoms with Crippen LogP contribution < -0.4 is 4.90 Å². The monoisotopic (exact) mass is 436 g/mol. The van der Waals surface area contributed by atoms with Crippen LogP contribution in [-0.4, -0.2) is 58.5 Å². The summed E-state index contributed by atoms with van der Waals surface area (Å²) in [6, 6.07) is 13.2. The molecule has 0 radical (unpaired) electrons. The van der Waals surface area contributed by atoms with E-state index < -0.39 is 10.0 Å². The number of hydrogen-bond donors (Lipinski definition) is 0. The Labute approximate surface area is 181 Å². The molecule has 0 amide bonds. The number of rotatable bonds is 3. The number of hydrogen-bond acceptors (Lipinski definition) is 6. The molecule has 2 aromatic heterocycles. The van der Waals surface area contributed by atoms with Crippen LogP contribution in [0.25, 0.3) is 16.6 Å². The third kappa shape index (κ3) is 3.34. The summed E-state index contributed by atoms with van der Waals surface area (Å²) >= 11 is 0. The van der Waals surface area contributed by atoms with E-state index in [0.717, 1.165) is 27.7 Å². The maximum Gasteiger partial charge on any atom is 0.243 e. The Bertz CT molecular complexity index is 1400. The van der Waals surface area contributed by atoms with E-state index in [1.807, 2.05) is 51.1 Å². The summed E-state index contributed by atoms with van der Waals surface area (Å²) in [5.41, 5.74) is 3.67. The van der Waals surface area contributed by atoms with Crippen LogP contribution in [-0.2, 0) is 10.0 Å². The smallest absolute Gasteiger partial charge is 0.243 e. The summed E-state index contributed by atoms with van der Waals surface area (Å²) in [4.78, 5) is 11.8. The van der Waals surface area contributed by atoms with Gasteiger partial charge in [-0.15, -0.1) is 5.10 Å². The summed E-state index contributed by atoms with van der Waals surface area (Å²) in [6.07, 6.45) is 0. The van der Waals surface area contributed by atoms with Gasteiger partial charge in [0.15, 0.2) is 5.65 Å². The van der Waals surface area contributed by atoms with Crippen LogP contribution in [0.4, 0.5) is 5.95 Å². The fourth-order valence-corrected chi connectivity index (χ4v) is 5.51. The second-order valence-corrected chi connectivity index (χ2v) is 9.90. The van der Waals surface area contributed by atoms with Gasteiger partial charge in [0, 0.05) is 31.6 Å². The van der Waals surface area contributed by atoms with Crippen molar-refractivity contribution < 1.29 is 8.42 Å². The lowest BCUT2D eigenvalue weighted by atomic mass is 10.1. The van der Waals surface area contributed by atoms with Crippen LogP contribution in [0.2, 0.25) is 0 Å². The molecule has 1 saturated heterocycles. The molecule has 160 valence electrons. The highest BCUT2D eigenvalue weighted by Gasteiger charge is 2.30. The van der Waals surface area contributed by atoms with Crippen LogP contribution in [0, 0.1) is 20.8 Å². The number of para-hydroxylation sites is 1. The minimum atomic E-state index is -3.53. The molecular weight excluding hydrogens is 412 g/mol. The Morgan fingerprint density at radius 1 is 0.871 bits per heavy atom. The topological polar surface area (TPSA) is 83.7 Å². The molecule has 0 N–H and O–H groups in total. The largest absolute Gasteiger partial charge is 0.338 e. The Morgan fingerprint density at radius 3 is 2.35 bits per heavy atom. The van der Waals surface area contributed by atoms with Gasteiger partial charge in [0.05, 0.1) is 10.4 Å². The predicted molar refractivity (Wildman–Crippen MR) is 120 cm³/mol. The minimum Gasteiger partial charge on any atom is -0.338 e. The predicted octanol–water partition coefficient (Wildman–Crippen LogP) is 2.71. The van der Waals surface area contributed by atoms with Crippen LogP contribution >= 0.6 is 0 Å². The van der Waals surface area contributed by atoms with E-state index >= 15 is 0 Å². The van der Waals surface area contributed by atoms with Gasteiger partial charge in [-0.2, -0.15) is 8.82 Å². The van der Waals surface area contributed by atoms with Crippen LogP contribution in [0.1, 0.15) is 17.0 Å². The summed E-state index contributed by atoms with van der Waals surface area (Å²) in [6.45, 7) is 7.61. The fourth-order valence-electron chi connectivity index (χ4n) is 4.00. The van der Waals surface area contributed by atoms with Gasteiger partial charge in [-0.05, 0) is 56.2 Å². The molecule has 1 aliphatic rings. The summed E-state index contributed by atoms with van der Waals surface area (Å²) in [5, 5.41) is 5.49. The molecule has 0 unspecified atom stereocenters. The van der Waals surface area contributed by atoms with Gasteiger partial charge < -0.3 is 4.90 Å². The molecule has 1 aliphatic heterocycles. The first kappa shape index (κ1) is 19.9. The van der Waals surface area contributed by atoms with Crippen LogP contribution in [0.15, 0.2) is 47.4 Å². The van der Waals surface area contributed by atoms with Gasteiger partial charge in [0.2, 0.25) is 16.0 Å². The first-order chi connectivity index (χ1) is 14.8. The molecule has 31 heavy (non-hydrogen) atoms. The lowest BCUT2D eigenvalue weighted by Crippen LogP contribution is -2.49. The number of fused-ring (bicyclic) bond motifs is 3. The lowest BCUT2D eigenvalue weighted by Gasteiger charge is -2.34. The van der Waals surface area contributed by atoms with Gasteiger partial charge in [-0.1, -0.05) is 18.2 Å². The number of piperazine rings is 1. The standard InChI is InChI=1S/C22H24N6O2S/c1-15-8-9-18(14-16(15)2)31(29,30)27-12-10-26(11-13-27)22-24-20-7-5-4-6-19(20)21-23-17(3)25-28(21)22/h4-9,14H,10-13H2,1-3H3. The fraction of sp³-hybridized carbons (Fsp3) is 0.318. The zero-order valence-electron chi connectivity index (χ0n) is 17.8. The molecule has 2 aromatic carbocycles. The summed E-state index contributed by atoms with van der Waals surface area (Å²) in [7, 11) is -3.53. The van der Waals surface area contributed by atoms with Gasteiger partial charge in [0.1, 0.15) is 5.82 Å². The van der Waals surface area contributed by atoms with Crippen molar-refractivity contribution in [2.45, 2.75) is 25.7 Å². The third-order valence-electron chi connectivity index (χ3n) is 5.91. The van der Waals surface area contributed by atoms with Crippen LogP contribution in [0.5, 0.6) is 0 Å². The normalized spacial score (nSPS) is 15.8. The number of sulfonamides is 1. The van der Waals surface area contributed by atoms with Crippen molar-refractivity contribution in [3.05, 3.63) is 59.4 Å². The Balaban J connectivity index is 1.45. The van der Waals surface area contributed by atoms with Gasteiger partial charge in [-0.3, -0.25) is 0 Å². The molecule has 4 aromatic rings. The van der Waals surface area contributed by atoms with E-state index in [1.54, 1.807) is 21.0 Å². The summed E-state index contributed by atoms with van der Waals surface area (Å²) < 4.78 is 29.6. The number of anilines is 1. The van der Waals surface area contributed by atoms with E-state index in [4.69, 9.17) is 4.98 Å². The molecule has 9 heteroatoms. The Hall–Kier alpha value is -3.04. The third-order valence-corrected chi connectivity index (χ3v) is 7.80. The molecule has 8 nitrogen and oxygen atoms in total. The second kappa shape index (κ2) is 7.28. The van der Waals surface area contributed by atoms with Gasteiger partial charge in [0.25, 0.3) is 0 Å². The first-order valence-corrected chi connectivity index (χ1v) is 11.7. The van der Waals surface area contributed by atoms with Crippen LogP contribution in [0.3, 0.4) is 0 Å². The Morgan fingerprint density at radius 2 is 1.61 bits per heavy atom. The van der Waals surface area contributed by atoms with Crippen molar-refractivity contribution >= 4 is 32.5 Å². The van der Waals surface area contributed by atoms with Gasteiger partial charge in [-0.25, -0.2) is 18.4 Å². The highest BCUT2D eigenvalue weighted by atomic mass is 32.2. The zero-order valence-corrected chi connectivity index (χ0v) is 18.6. The molecular formula is C22H24N6O2S. The highest BCUT2D eigenvalue weighted by Crippen LogP contribution is 2.25. The molecule has 1 fully saturated rings. The van der Waals surface area contributed by atoms with Crippen molar-refractivity contribution in [1.29, 1.82) is 0 Å². The van der Waals surface area contributed by atoms with E-state index in [-0.39, 0.29) is 0 Å². The zero-order chi connectivity index (χ0) is 21.8. The molecule has 5 rings (SSSR count). The van der Waals surface area contributed by atoms with Crippen molar-refractivity contribution in [1.82, 2.24) is 23.9 Å². The molecule has 3 heterocycles. The SMILES string of the molecule is Cc1nc2c3ccccc3nc(N3CCN(S(=O)(=O)c4ccc(C)c(C)c4)CC3)n2n1. The first-order valence-electron chi connectivity index (χ1n) is 10.3. The number of aryl methyl sites for hydroxylation is 3. The maximum atomic E-state index is 13.1. The molecule has 0 atom stereocenters. The number of aromatic nitrogens is 4. The lowest BCUT2D eigenvalue weighted by molar-refractivity contribution is 0.381. The Kier molecular flexibility index (Phi) is 4.67. The van der Waals surface area contributed by atoms with Crippen molar-refractivity contribution in [3.8, 4) is 0 Å². The number of benzene rings is 2. The average Bonchev–Trinajstić information content (AvgIpc) is 3.17. The van der Waals surface area contributed by atoms with Gasteiger partial charge >= 0.3 is 0 Å². The molecule has 0 bridgehead atoms. The minimum absolute atomic E-state index is 0.349. The number of nitrogens with zero attached hydrogens (tertiary/aromatic N) is 6. The van der Waals surface area contributed by atoms with Crippen molar-refractivity contribution in [2.75, 3.05) is 31.1 Å².